The molecule has 7 N–H and O–H groups in total. The van der Waals surface area contributed by atoms with E-state index in [1.165, 1.54) is 0 Å². The van der Waals surface area contributed by atoms with E-state index in [9.17, 15) is 38.0 Å². The number of pyridine rings is 3. The first-order valence-electron chi connectivity index (χ1n) is 31.3. The highest BCUT2D eigenvalue weighted by Gasteiger charge is 2.31. The molecule has 8 rings (SSSR count). The van der Waals surface area contributed by atoms with Crippen molar-refractivity contribution in [3.8, 4) is 17.6 Å². The van der Waals surface area contributed by atoms with Gasteiger partial charge in [-0.3, -0.25) is 38.0 Å². The van der Waals surface area contributed by atoms with Gasteiger partial charge in [-0.15, -0.1) is 0 Å². The van der Waals surface area contributed by atoms with Gasteiger partial charge in [-0.05, 0) is 134 Å². The van der Waals surface area contributed by atoms with Crippen LogP contribution in [0.15, 0.2) is 152 Å². The average molecular weight is 1310 g/mol. The molecule has 0 bridgehead atoms. The van der Waals surface area contributed by atoms with Crippen LogP contribution >= 0.6 is 22.1 Å². The highest BCUT2D eigenvalue weighted by Crippen LogP contribution is 2.40. The molecule has 20 nitrogen and oxygen atoms in total. The van der Waals surface area contributed by atoms with Crippen molar-refractivity contribution in [1.82, 2.24) is 40.3 Å². The Labute approximate surface area is 542 Å². The van der Waals surface area contributed by atoms with Crippen LogP contribution in [0.5, 0.6) is 5.75 Å². The minimum Gasteiger partial charge on any atom is -0.494 e. The summed E-state index contributed by atoms with van der Waals surface area (Å²) in [5, 5.41) is 6.74. The number of nitrogens with two attached hydrogens (primary N) is 1. The Morgan fingerprint density at radius 3 is 1.24 bits per heavy atom. The van der Waals surface area contributed by atoms with Gasteiger partial charge in [-0.2, -0.15) is 0 Å². The quantitative estimate of drug-likeness (QED) is 0.0176. The third kappa shape index (κ3) is 21.8. The molecular formula is C69H90N11O9P3+2. The lowest BCUT2D eigenvalue weighted by molar-refractivity contribution is -0.869. The van der Waals surface area contributed by atoms with E-state index < -0.39 is 22.1 Å². The molecule has 2 amide bonds. The fraction of sp³-hybridized carbons (Fsp3) is 0.377. The molecule has 4 aromatic carbocycles. The number of carbonyl (C=O) groups excluding carboxylic acids is 2. The molecule has 0 saturated carbocycles. The Morgan fingerprint density at radius 1 is 0.511 bits per heavy atom. The molecule has 92 heavy (non-hydrogen) atoms. The summed E-state index contributed by atoms with van der Waals surface area (Å²) in [5.74, 6) is 6.90. The van der Waals surface area contributed by atoms with Gasteiger partial charge in [-0.25, -0.2) is 15.0 Å². The van der Waals surface area contributed by atoms with Gasteiger partial charge in [0.1, 0.15) is 22.1 Å². The molecule has 0 aliphatic carbocycles. The number of likely N-dealkylation sites (N-methyl/N-ethyl adjacent to an activating group) is 2. The maximum Gasteiger partial charge on any atom is 0.276 e. The van der Waals surface area contributed by atoms with Crippen LogP contribution in [-0.4, -0.2) is 186 Å². The molecule has 3 atom stereocenters. The van der Waals surface area contributed by atoms with E-state index in [2.05, 4.69) is 79.5 Å². The van der Waals surface area contributed by atoms with Crippen molar-refractivity contribution in [2.24, 2.45) is 5.73 Å². The van der Waals surface area contributed by atoms with Gasteiger partial charge in [0.15, 0.2) is 0 Å². The number of aromatic nitrogens is 3. The summed E-state index contributed by atoms with van der Waals surface area (Å²) in [6.45, 7) is 7.17. The summed E-state index contributed by atoms with van der Waals surface area (Å²) >= 11 is 0. The third-order valence-electron chi connectivity index (χ3n) is 15.6. The van der Waals surface area contributed by atoms with Gasteiger partial charge in [0.05, 0.1) is 92.2 Å². The third-order valence-corrected chi connectivity index (χ3v) is 21.2. The number of nitrogens with one attached hydrogen (secondary N) is 2. The topological polar surface area (TPSA) is 254 Å². The number of quaternary nitrogens is 2. The van der Waals surface area contributed by atoms with Crippen molar-refractivity contribution in [1.29, 1.82) is 0 Å². The Kier molecular flexibility index (Phi) is 25.2. The van der Waals surface area contributed by atoms with Gasteiger partial charge in [0.2, 0.25) is 11.8 Å². The number of carbonyl (C=O) groups is 2. The van der Waals surface area contributed by atoms with Gasteiger partial charge >= 0.3 is 0 Å². The fourth-order valence-corrected chi connectivity index (χ4v) is 14.7. The van der Waals surface area contributed by atoms with Gasteiger partial charge in [0, 0.05) is 98.8 Å². The molecule has 0 spiro atoms. The maximum atomic E-state index is 14.6. The number of nitrogens with zero attached hydrogens (tertiary/aromatic N) is 8. The smallest absolute Gasteiger partial charge is 0.276 e. The van der Waals surface area contributed by atoms with Crippen molar-refractivity contribution in [2.75, 3.05) is 121 Å². The first-order chi connectivity index (χ1) is 43.8. The molecule has 1 aliphatic rings. The Hall–Kier alpha value is -7.04. The summed E-state index contributed by atoms with van der Waals surface area (Å²) in [6.07, 6.45) is 1.64. The van der Waals surface area contributed by atoms with E-state index >= 15 is 0 Å². The van der Waals surface area contributed by atoms with Crippen LogP contribution in [-0.2, 0) is 55.8 Å². The zero-order chi connectivity index (χ0) is 65.9. The number of benzene rings is 4. The molecular weight excluding hydrogens is 1220 g/mol. The summed E-state index contributed by atoms with van der Waals surface area (Å²) in [4.78, 5) is 83.6. The molecule has 3 aromatic heterocycles. The monoisotopic (exact) mass is 1310 g/mol. The van der Waals surface area contributed by atoms with Gasteiger partial charge < -0.3 is 44.8 Å². The lowest BCUT2D eigenvalue weighted by atomic mass is 10.1. The van der Waals surface area contributed by atoms with Crippen molar-refractivity contribution in [3.05, 3.63) is 191 Å². The number of amides is 2. The highest BCUT2D eigenvalue weighted by atomic mass is 31.2. The van der Waals surface area contributed by atoms with E-state index in [1.807, 2.05) is 42.5 Å². The predicted octanol–water partition coefficient (Wildman–Crippen LogP) is 3.99. The molecule has 4 heterocycles. The summed E-state index contributed by atoms with van der Waals surface area (Å²) in [5.41, 5.74) is 9.85. The number of ether oxygens (including phenoxy) is 1. The van der Waals surface area contributed by atoms with Gasteiger partial charge in [-0.1, -0.05) is 66.4 Å². The van der Waals surface area contributed by atoms with Crippen LogP contribution in [0.25, 0.3) is 0 Å². The zero-order valence-electron chi connectivity index (χ0n) is 53.9. The number of rotatable bonds is 28. The van der Waals surface area contributed by atoms with Crippen LogP contribution in [0.1, 0.15) is 58.6 Å². The standard InChI is InChI=1S/C69H88N11O9P3/c1-79(2,3)42-34-71-65(81)31-27-56-46-59(74-68(49-56)91(85,86)63-19-12-8-13-20-63)52-77-38-36-76(51-58-45-55(24-23-54-25-29-61(30-26-54)89-44-16-33-70)48-67(73-58)90(83,84)62-17-10-7-11-18-62)37-39-78(41-40-77)53-60-47-57(28-32-66(82)72-35-43-80(4,5)6)50-69(75-60)92(87,88)64-21-14-9-15-22-64/h7-15,17-22,25-26,29-30,45-50H,16,27-28,31-44,51-53,70H2,1-6H3,(H3-2,71,72,81,82,83,84,85,86,87,88)/p+2. The minimum atomic E-state index is -4.24. The number of hydrogen-bond donors (Lipinski definition) is 6. The summed E-state index contributed by atoms with van der Waals surface area (Å²) in [6, 6.07) is 43.2. The second-order valence-electron chi connectivity index (χ2n) is 25.4. The molecule has 23 heteroatoms. The van der Waals surface area contributed by atoms with E-state index in [4.69, 9.17) is 25.4 Å². The number of hydrogen-bond acceptors (Lipinski definition) is 13. The molecule has 488 valence electrons. The maximum absolute atomic E-state index is 14.6. The van der Waals surface area contributed by atoms with Crippen LogP contribution in [0.3, 0.4) is 0 Å². The normalized spacial score (nSPS) is 15.7. The van der Waals surface area contributed by atoms with Crippen molar-refractivity contribution >= 4 is 66.1 Å². The lowest BCUT2D eigenvalue weighted by Crippen LogP contribution is -2.41. The SMILES string of the molecule is C[N+](C)(C)CCNC(=O)CCc1cc(CN2CCN(Cc3cc(C#Cc4ccc(OCCCN)cc4)cc(P(=O)(O)c4ccccc4)n3)CCN(Cc3cc(CCC(=O)NCC[N+](C)(C)C)cc(P(=O)(O)c4ccccc4)n3)CC2)nc(P(=O)(O)c2ccccc2)c1. The van der Waals surface area contributed by atoms with Crippen LogP contribution in [0.2, 0.25) is 0 Å². The van der Waals surface area contributed by atoms with Crippen molar-refractivity contribution in [2.45, 2.75) is 51.7 Å². The van der Waals surface area contributed by atoms with Gasteiger partial charge in [0.25, 0.3) is 22.1 Å². The van der Waals surface area contributed by atoms with Crippen molar-refractivity contribution in [3.63, 3.8) is 0 Å². The van der Waals surface area contributed by atoms with E-state index in [-0.39, 0.29) is 76.5 Å². The zero-order valence-corrected chi connectivity index (χ0v) is 56.5. The Balaban J connectivity index is 1.15. The molecule has 1 saturated heterocycles. The molecule has 0 radical (unpaired) electrons. The second kappa shape index (κ2) is 32.7. The van der Waals surface area contributed by atoms with Crippen LogP contribution in [0.4, 0.5) is 0 Å². The first kappa shape index (κ1) is 70.8. The highest BCUT2D eigenvalue weighted by molar-refractivity contribution is 7.74. The first-order valence-corrected chi connectivity index (χ1v) is 36.2. The fourth-order valence-electron chi connectivity index (χ4n) is 10.3. The molecule has 1 fully saturated rings. The molecule has 3 unspecified atom stereocenters. The van der Waals surface area contributed by atoms with E-state index in [0.717, 1.165) is 19.5 Å². The average Bonchev–Trinajstić information content (AvgIpc) is 0.943. The van der Waals surface area contributed by atoms with Crippen LogP contribution < -0.4 is 53.3 Å². The lowest BCUT2D eigenvalue weighted by Gasteiger charge is -2.26. The summed E-state index contributed by atoms with van der Waals surface area (Å²) in [7, 11) is -0.330. The second-order valence-corrected chi connectivity index (χ2v) is 31.8. The Morgan fingerprint density at radius 2 is 0.870 bits per heavy atom. The number of aryl methyl sites for hydroxylation is 2. The molecule has 7 aromatic rings. The Bertz CT molecular complexity index is 3650. The van der Waals surface area contributed by atoms with E-state index in [1.54, 1.807) is 109 Å². The summed E-state index contributed by atoms with van der Waals surface area (Å²) < 4.78 is 50.8. The van der Waals surface area contributed by atoms with E-state index in [0.29, 0.717) is 132 Å². The van der Waals surface area contributed by atoms with Crippen molar-refractivity contribution < 1.29 is 51.7 Å². The predicted molar refractivity (Wildman–Crippen MR) is 365 cm³/mol. The largest absolute Gasteiger partial charge is 0.494 e. The minimum absolute atomic E-state index is 0.0122. The molecule has 1 aliphatic heterocycles. The van der Waals surface area contributed by atoms with Crippen LogP contribution in [0, 0.1) is 11.8 Å².